The average molecular weight is 329 g/mol. The molecule has 0 radical (unpaired) electrons. The number of nitrogens with two attached hydrogens (primary N) is 1. The molecule has 0 aliphatic carbocycles. The van der Waals surface area contributed by atoms with Crippen molar-refractivity contribution < 1.29 is 14.3 Å². The van der Waals surface area contributed by atoms with Crippen LogP contribution in [-0.4, -0.2) is 32.3 Å². The van der Waals surface area contributed by atoms with Gasteiger partial charge in [0.1, 0.15) is 0 Å². The first-order chi connectivity index (χ1) is 10.2. The van der Waals surface area contributed by atoms with Crippen LogP contribution >= 0.6 is 12.4 Å². The fourth-order valence-corrected chi connectivity index (χ4v) is 2.62. The minimum atomic E-state index is -0.455. The maximum atomic E-state index is 12.2. The van der Waals surface area contributed by atoms with E-state index in [1.54, 1.807) is 7.11 Å². The molecule has 1 aliphatic heterocycles. The van der Waals surface area contributed by atoms with Crippen molar-refractivity contribution in [3.8, 4) is 0 Å². The molecule has 0 spiro atoms. The molecule has 6 heteroatoms. The largest absolute Gasteiger partial charge is 0.381 e. The normalized spacial score (nSPS) is 16.6. The van der Waals surface area contributed by atoms with Crippen molar-refractivity contribution in [1.29, 1.82) is 0 Å². The first-order valence-corrected chi connectivity index (χ1v) is 7.39. The van der Waals surface area contributed by atoms with Crippen molar-refractivity contribution in [2.45, 2.75) is 32.0 Å². The molecule has 5 nitrogen and oxygen atoms in total. The summed E-state index contributed by atoms with van der Waals surface area (Å²) < 4.78 is 10.5. The van der Waals surface area contributed by atoms with E-state index in [-0.39, 0.29) is 24.2 Å². The summed E-state index contributed by atoms with van der Waals surface area (Å²) in [6.45, 7) is 2.41. The Morgan fingerprint density at radius 2 is 2.00 bits per heavy atom. The number of benzene rings is 1. The quantitative estimate of drug-likeness (QED) is 0.832. The molecular weight excluding hydrogens is 304 g/mol. The minimum absolute atomic E-state index is 0. The fraction of sp³-hybridized carbons (Fsp3) is 0.562. The second-order valence-corrected chi connectivity index (χ2v) is 5.40. The van der Waals surface area contributed by atoms with E-state index in [0.29, 0.717) is 26.4 Å². The summed E-state index contributed by atoms with van der Waals surface area (Å²) in [5.74, 6) is 0.127. The first-order valence-electron chi connectivity index (χ1n) is 7.39. The van der Waals surface area contributed by atoms with Gasteiger partial charge in [-0.15, -0.1) is 12.4 Å². The van der Waals surface area contributed by atoms with Gasteiger partial charge in [0, 0.05) is 26.9 Å². The van der Waals surface area contributed by atoms with Crippen LogP contribution in [0.3, 0.4) is 0 Å². The van der Waals surface area contributed by atoms with Crippen LogP contribution in [0.25, 0.3) is 0 Å². The van der Waals surface area contributed by atoms with Crippen LogP contribution in [0.4, 0.5) is 0 Å². The zero-order valence-corrected chi connectivity index (χ0v) is 13.7. The Labute approximate surface area is 138 Å². The zero-order chi connectivity index (χ0) is 15.1. The molecule has 1 heterocycles. The van der Waals surface area contributed by atoms with Crippen LogP contribution in [0.2, 0.25) is 0 Å². The average Bonchev–Trinajstić information content (AvgIpc) is 2.54. The summed E-state index contributed by atoms with van der Waals surface area (Å²) in [7, 11) is 1.66. The summed E-state index contributed by atoms with van der Waals surface area (Å²) in [6, 6.07) is 7.47. The number of hydrogen-bond acceptors (Lipinski definition) is 4. The molecule has 124 valence electrons. The second kappa shape index (κ2) is 9.79. The van der Waals surface area contributed by atoms with Gasteiger partial charge < -0.3 is 20.5 Å². The molecule has 1 saturated heterocycles. The van der Waals surface area contributed by atoms with Crippen molar-refractivity contribution in [3.05, 3.63) is 35.4 Å². The fourth-order valence-electron chi connectivity index (χ4n) is 2.62. The predicted octanol–water partition coefficient (Wildman–Crippen LogP) is 1.62. The number of rotatable bonds is 6. The highest BCUT2D eigenvalue weighted by atomic mass is 35.5. The van der Waals surface area contributed by atoms with Crippen molar-refractivity contribution in [1.82, 2.24) is 5.32 Å². The number of hydrogen-bond donors (Lipinski definition) is 2. The van der Waals surface area contributed by atoms with Gasteiger partial charge in [-0.05, 0) is 29.9 Å². The lowest BCUT2D eigenvalue weighted by Crippen LogP contribution is -2.46. The summed E-state index contributed by atoms with van der Waals surface area (Å²) in [6.07, 6.45) is 1.71. The molecule has 0 aromatic heterocycles. The smallest absolute Gasteiger partial charge is 0.237 e. The zero-order valence-electron chi connectivity index (χ0n) is 12.9. The Kier molecular flexibility index (Phi) is 8.42. The summed E-state index contributed by atoms with van der Waals surface area (Å²) in [5.41, 5.74) is 8.21. The third-order valence-corrected chi connectivity index (χ3v) is 3.95. The van der Waals surface area contributed by atoms with Crippen LogP contribution in [0.5, 0.6) is 0 Å². The van der Waals surface area contributed by atoms with Gasteiger partial charge in [0.05, 0.1) is 12.6 Å². The maximum Gasteiger partial charge on any atom is 0.237 e. The topological polar surface area (TPSA) is 73.6 Å². The van der Waals surface area contributed by atoms with E-state index in [1.165, 1.54) is 0 Å². The highest BCUT2D eigenvalue weighted by Crippen LogP contribution is 2.18. The Balaban J connectivity index is 0.00000242. The number of halogens is 1. The van der Waals surface area contributed by atoms with E-state index in [2.05, 4.69) is 5.32 Å². The van der Waals surface area contributed by atoms with Crippen molar-refractivity contribution in [2.75, 3.05) is 20.3 Å². The van der Waals surface area contributed by atoms with Gasteiger partial charge >= 0.3 is 0 Å². The summed E-state index contributed by atoms with van der Waals surface area (Å²) in [5, 5.41) is 2.93. The number of ether oxygens (including phenoxy) is 2. The minimum Gasteiger partial charge on any atom is -0.381 e. The Hall–Kier alpha value is -1.14. The molecule has 2 rings (SSSR count). The van der Waals surface area contributed by atoms with Crippen LogP contribution in [0, 0.1) is 5.92 Å². The monoisotopic (exact) mass is 328 g/mol. The molecule has 0 bridgehead atoms. The number of carbonyl (C=O) groups excluding carboxylic acids is 1. The molecule has 22 heavy (non-hydrogen) atoms. The van der Waals surface area contributed by atoms with E-state index in [4.69, 9.17) is 15.2 Å². The van der Waals surface area contributed by atoms with E-state index >= 15 is 0 Å². The predicted molar refractivity (Wildman–Crippen MR) is 87.8 cm³/mol. The van der Waals surface area contributed by atoms with Gasteiger partial charge in [-0.2, -0.15) is 0 Å². The number of methoxy groups -OCH3 is 1. The standard InChI is InChI=1S/C16H24N2O3.ClH/c1-20-11-14-5-3-2-4-13(14)10-18-16(19)15(17)12-6-8-21-9-7-12;/h2-5,12,15H,6-11,17H2,1H3,(H,18,19);1H. The lowest BCUT2D eigenvalue weighted by molar-refractivity contribution is -0.124. The molecule has 1 aromatic carbocycles. The number of amides is 1. The highest BCUT2D eigenvalue weighted by Gasteiger charge is 2.26. The van der Waals surface area contributed by atoms with E-state index in [0.717, 1.165) is 24.0 Å². The van der Waals surface area contributed by atoms with Crippen LogP contribution in [-0.2, 0) is 27.4 Å². The summed E-state index contributed by atoms with van der Waals surface area (Å²) in [4.78, 5) is 12.2. The van der Waals surface area contributed by atoms with Gasteiger partial charge in [0.15, 0.2) is 0 Å². The third kappa shape index (κ3) is 5.25. The molecule has 0 saturated carbocycles. The third-order valence-electron chi connectivity index (χ3n) is 3.95. The molecule has 1 amide bonds. The van der Waals surface area contributed by atoms with Gasteiger partial charge in [-0.3, -0.25) is 4.79 Å². The van der Waals surface area contributed by atoms with Gasteiger partial charge in [0.25, 0.3) is 0 Å². The second-order valence-electron chi connectivity index (χ2n) is 5.40. The summed E-state index contributed by atoms with van der Waals surface area (Å²) >= 11 is 0. The molecule has 1 aromatic rings. The van der Waals surface area contributed by atoms with E-state index in [9.17, 15) is 4.79 Å². The van der Waals surface area contributed by atoms with Crippen molar-refractivity contribution >= 4 is 18.3 Å². The van der Waals surface area contributed by atoms with Crippen LogP contribution in [0.1, 0.15) is 24.0 Å². The van der Waals surface area contributed by atoms with Crippen molar-refractivity contribution in [3.63, 3.8) is 0 Å². The lowest BCUT2D eigenvalue weighted by atomic mass is 9.92. The Bertz CT molecular complexity index is 464. The van der Waals surface area contributed by atoms with Gasteiger partial charge in [-0.1, -0.05) is 24.3 Å². The first kappa shape index (κ1) is 18.9. The molecule has 3 N–H and O–H groups in total. The number of nitrogens with one attached hydrogen (secondary N) is 1. The number of carbonyl (C=O) groups is 1. The van der Waals surface area contributed by atoms with E-state index < -0.39 is 6.04 Å². The lowest BCUT2D eigenvalue weighted by Gasteiger charge is -2.26. The Morgan fingerprint density at radius 1 is 1.36 bits per heavy atom. The van der Waals surface area contributed by atoms with Crippen molar-refractivity contribution in [2.24, 2.45) is 11.7 Å². The van der Waals surface area contributed by atoms with Crippen LogP contribution in [0.15, 0.2) is 24.3 Å². The van der Waals surface area contributed by atoms with Crippen LogP contribution < -0.4 is 11.1 Å². The molecule has 1 unspecified atom stereocenters. The maximum absolute atomic E-state index is 12.2. The molecular formula is C16H25ClN2O3. The Morgan fingerprint density at radius 3 is 2.64 bits per heavy atom. The molecule has 1 atom stereocenters. The molecule has 1 aliphatic rings. The van der Waals surface area contributed by atoms with E-state index in [1.807, 2.05) is 24.3 Å². The van der Waals surface area contributed by atoms with Gasteiger partial charge in [0.2, 0.25) is 5.91 Å². The molecule has 1 fully saturated rings. The highest BCUT2D eigenvalue weighted by molar-refractivity contribution is 5.85. The van der Waals surface area contributed by atoms with Gasteiger partial charge in [-0.25, -0.2) is 0 Å². The SMILES string of the molecule is COCc1ccccc1CNC(=O)C(N)C1CCOCC1.Cl.